The van der Waals surface area contributed by atoms with E-state index < -0.39 is 5.41 Å². The van der Waals surface area contributed by atoms with Crippen LogP contribution in [0.2, 0.25) is 0 Å². The number of aromatic nitrogens is 2. The average molecular weight is 425 g/mol. The van der Waals surface area contributed by atoms with Gasteiger partial charge in [-0.25, -0.2) is 4.79 Å². The largest absolute Gasteiger partial charge is 0.333 e. The van der Waals surface area contributed by atoms with Crippen LogP contribution in [0.15, 0.2) is 71.5 Å². The van der Waals surface area contributed by atoms with Gasteiger partial charge in [-0.3, -0.25) is 13.9 Å². The van der Waals surface area contributed by atoms with Crippen LogP contribution in [0.4, 0.5) is 5.69 Å². The summed E-state index contributed by atoms with van der Waals surface area (Å²) < 4.78 is 3.28. The first-order valence-corrected chi connectivity index (χ1v) is 10.3. The first kappa shape index (κ1) is 21.1. The lowest BCUT2D eigenvalue weighted by molar-refractivity contribution is 0.102. The lowest BCUT2D eigenvalue weighted by atomic mass is 9.85. The molecule has 1 amide bonds. The number of rotatable bonds is 4. The number of benzene rings is 3. The zero-order valence-electron chi connectivity index (χ0n) is 18.5. The fourth-order valence-corrected chi connectivity index (χ4v) is 3.77. The van der Waals surface area contributed by atoms with E-state index in [1.54, 1.807) is 34.4 Å². The van der Waals surface area contributed by atoms with Crippen molar-refractivity contribution in [3.63, 3.8) is 0 Å². The van der Waals surface area contributed by atoms with E-state index in [0.29, 0.717) is 16.9 Å². The molecule has 3 aromatic carbocycles. The molecular formula is C26H24N4O2. The third-order valence-electron chi connectivity index (χ3n) is 5.80. The van der Waals surface area contributed by atoms with Crippen LogP contribution in [0, 0.1) is 18.3 Å². The van der Waals surface area contributed by atoms with Crippen molar-refractivity contribution >= 4 is 22.6 Å². The van der Waals surface area contributed by atoms with Crippen molar-refractivity contribution in [1.82, 2.24) is 9.13 Å². The van der Waals surface area contributed by atoms with Crippen molar-refractivity contribution in [3.05, 3.63) is 93.9 Å². The summed E-state index contributed by atoms with van der Waals surface area (Å²) in [5.74, 6) is -0.277. The summed E-state index contributed by atoms with van der Waals surface area (Å²) in [6, 6.07) is 22.5. The molecule has 6 heteroatoms. The molecule has 4 rings (SSSR count). The number of para-hydroxylation sites is 2. The molecule has 0 saturated heterocycles. The van der Waals surface area contributed by atoms with Crippen molar-refractivity contribution in [2.24, 2.45) is 7.05 Å². The highest BCUT2D eigenvalue weighted by Crippen LogP contribution is 2.25. The van der Waals surface area contributed by atoms with E-state index in [0.717, 1.165) is 22.2 Å². The molecule has 160 valence electrons. The summed E-state index contributed by atoms with van der Waals surface area (Å²) in [7, 11) is 1.75. The number of fused-ring (bicyclic) bond motifs is 1. The number of carbonyl (C=O) groups excluding carboxylic acids is 1. The maximum Gasteiger partial charge on any atom is 0.333 e. The highest BCUT2D eigenvalue weighted by molar-refractivity contribution is 6.04. The summed E-state index contributed by atoms with van der Waals surface area (Å²) >= 11 is 0. The monoisotopic (exact) mass is 424 g/mol. The zero-order valence-corrected chi connectivity index (χ0v) is 18.5. The highest BCUT2D eigenvalue weighted by Gasteiger charge is 2.21. The van der Waals surface area contributed by atoms with Crippen LogP contribution >= 0.6 is 0 Å². The topological polar surface area (TPSA) is 79.8 Å². The molecule has 32 heavy (non-hydrogen) atoms. The van der Waals surface area contributed by atoms with Gasteiger partial charge in [-0.15, -0.1) is 0 Å². The van der Waals surface area contributed by atoms with Gasteiger partial charge in [0.15, 0.2) is 0 Å². The molecule has 1 heterocycles. The molecule has 0 atom stereocenters. The predicted octanol–water partition coefficient (Wildman–Crippen LogP) is 4.69. The minimum Gasteiger partial charge on any atom is -0.322 e. The number of imidazole rings is 1. The lowest BCUT2D eigenvalue weighted by Crippen LogP contribution is -2.22. The summed E-state index contributed by atoms with van der Waals surface area (Å²) in [6.45, 7) is 5.57. The molecule has 0 spiro atoms. The van der Waals surface area contributed by atoms with Crippen molar-refractivity contribution in [1.29, 1.82) is 5.26 Å². The summed E-state index contributed by atoms with van der Waals surface area (Å²) in [4.78, 5) is 25.9. The Kier molecular flexibility index (Phi) is 5.19. The van der Waals surface area contributed by atoms with Crippen LogP contribution < -0.4 is 11.0 Å². The molecule has 0 aliphatic heterocycles. The number of amides is 1. The fourth-order valence-electron chi connectivity index (χ4n) is 3.77. The van der Waals surface area contributed by atoms with Crippen LogP contribution in [-0.2, 0) is 12.5 Å². The first-order chi connectivity index (χ1) is 15.2. The second-order valence-corrected chi connectivity index (χ2v) is 8.44. The molecule has 0 saturated carbocycles. The minimum atomic E-state index is -0.692. The van der Waals surface area contributed by atoms with Gasteiger partial charge in [0, 0.05) is 18.3 Å². The van der Waals surface area contributed by atoms with Crippen LogP contribution in [0.5, 0.6) is 0 Å². The van der Waals surface area contributed by atoms with E-state index in [2.05, 4.69) is 11.4 Å². The van der Waals surface area contributed by atoms with Crippen LogP contribution in [-0.4, -0.2) is 15.0 Å². The second kappa shape index (κ2) is 7.86. The van der Waals surface area contributed by atoms with Gasteiger partial charge in [-0.1, -0.05) is 30.3 Å². The number of hydrogen-bond donors (Lipinski definition) is 1. The molecule has 4 aromatic rings. The Morgan fingerprint density at radius 3 is 2.44 bits per heavy atom. The Balaban J connectivity index is 1.72. The normalized spacial score (nSPS) is 11.3. The molecule has 0 aliphatic carbocycles. The molecule has 0 radical (unpaired) electrons. The SMILES string of the molecule is Cc1ccc(NC(=O)c2cccc(C(C)(C)C#N)c2)cc1-n1c(=O)n(C)c2ccccc21. The number of anilines is 1. The fraction of sp³-hybridized carbons (Fsp3) is 0.192. The Morgan fingerprint density at radius 2 is 1.72 bits per heavy atom. The Hall–Kier alpha value is -4.11. The van der Waals surface area contributed by atoms with Crippen LogP contribution in [0.1, 0.15) is 35.3 Å². The third kappa shape index (κ3) is 3.58. The maximum absolute atomic E-state index is 13.0. The Morgan fingerprint density at radius 1 is 1.00 bits per heavy atom. The number of nitrogens with zero attached hydrogens (tertiary/aromatic N) is 3. The van der Waals surface area contributed by atoms with E-state index >= 15 is 0 Å². The minimum absolute atomic E-state index is 0.149. The smallest absolute Gasteiger partial charge is 0.322 e. The summed E-state index contributed by atoms with van der Waals surface area (Å²) in [5.41, 5.74) is 4.26. The van der Waals surface area contributed by atoms with Crippen LogP contribution in [0.3, 0.4) is 0 Å². The molecule has 0 bridgehead atoms. The molecule has 1 aromatic heterocycles. The van der Waals surface area contributed by atoms with E-state index in [1.165, 1.54) is 0 Å². The van der Waals surface area contributed by atoms with E-state index in [-0.39, 0.29) is 11.6 Å². The lowest BCUT2D eigenvalue weighted by Gasteiger charge is -2.17. The molecule has 0 unspecified atom stereocenters. The number of nitrogens with one attached hydrogen (secondary N) is 1. The van der Waals surface area contributed by atoms with Crippen molar-refractivity contribution in [2.75, 3.05) is 5.32 Å². The Bertz CT molecular complexity index is 1450. The third-order valence-corrected chi connectivity index (χ3v) is 5.80. The second-order valence-electron chi connectivity index (χ2n) is 8.44. The van der Waals surface area contributed by atoms with E-state index in [9.17, 15) is 14.9 Å². The first-order valence-electron chi connectivity index (χ1n) is 10.3. The number of carbonyl (C=O) groups is 1. The zero-order chi connectivity index (χ0) is 23.0. The van der Waals surface area contributed by atoms with Crippen molar-refractivity contribution in [3.8, 4) is 11.8 Å². The van der Waals surface area contributed by atoms with Gasteiger partial charge in [0.1, 0.15) is 0 Å². The van der Waals surface area contributed by atoms with Gasteiger partial charge in [0.25, 0.3) is 5.91 Å². The van der Waals surface area contributed by atoms with Crippen molar-refractivity contribution < 1.29 is 4.79 Å². The van der Waals surface area contributed by atoms with Crippen molar-refractivity contribution in [2.45, 2.75) is 26.2 Å². The molecule has 0 aliphatic rings. The highest BCUT2D eigenvalue weighted by atomic mass is 16.2. The number of aryl methyl sites for hydroxylation is 2. The van der Waals surface area contributed by atoms with Gasteiger partial charge >= 0.3 is 5.69 Å². The van der Waals surface area contributed by atoms with E-state index in [1.807, 2.05) is 69.3 Å². The predicted molar refractivity (Wildman–Crippen MR) is 126 cm³/mol. The number of nitriles is 1. The Labute approximate surface area is 186 Å². The molecule has 0 fully saturated rings. The van der Waals surface area contributed by atoms with Gasteiger partial charge in [0.05, 0.1) is 28.2 Å². The summed E-state index contributed by atoms with van der Waals surface area (Å²) in [6.07, 6.45) is 0. The summed E-state index contributed by atoms with van der Waals surface area (Å²) in [5, 5.41) is 12.3. The standard InChI is InChI=1S/C26H24N4O2/c1-17-12-13-20(28-24(31)18-8-7-9-19(14-18)26(2,3)16-27)15-23(17)30-22-11-6-5-10-21(22)29(4)25(30)32/h5-15H,1-4H3,(H,28,31). The molecule has 6 nitrogen and oxygen atoms in total. The van der Waals surface area contributed by atoms with E-state index in [4.69, 9.17) is 0 Å². The average Bonchev–Trinajstić information content (AvgIpc) is 3.05. The molecular weight excluding hydrogens is 400 g/mol. The van der Waals surface area contributed by atoms with Gasteiger partial charge in [0.2, 0.25) is 0 Å². The van der Waals surface area contributed by atoms with Gasteiger partial charge in [-0.2, -0.15) is 5.26 Å². The maximum atomic E-state index is 13.0. The van der Waals surface area contributed by atoms with Gasteiger partial charge < -0.3 is 5.32 Å². The van der Waals surface area contributed by atoms with Gasteiger partial charge in [-0.05, 0) is 68.3 Å². The molecule has 1 N–H and O–H groups in total. The number of hydrogen-bond acceptors (Lipinski definition) is 3. The van der Waals surface area contributed by atoms with Crippen LogP contribution in [0.25, 0.3) is 16.7 Å². The quantitative estimate of drug-likeness (QED) is 0.516.